The second kappa shape index (κ2) is 3.89. The minimum absolute atomic E-state index is 0.335. The summed E-state index contributed by atoms with van der Waals surface area (Å²) in [5.74, 6) is 1.47. The average molecular weight is 195 g/mol. The molecule has 0 saturated heterocycles. The summed E-state index contributed by atoms with van der Waals surface area (Å²) in [7, 11) is 0.963. The third kappa shape index (κ3) is 3.58. The van der Waals surface area contributed by atoms with Crippen LogP contribution in [0.1, 0.15) is 34.6 Å². The number of hydrogen-bond donors (Lipinski definition) is 0. The Hall–Kier alpha value is 0.430. The van der Waals surface area contributed by atoms with E-state index in [2.05, 4.69) is 60.3 Å². The number of rotatable bonds is 2. The Labute approximate surface area is 85.7 Å². The van der Waals surface area contributed by atoms with Crippen LogP contribution in [0, 0.1) is 31.6 Å². The molecule has 0 aliphatic heterocycles. The Bertz CT molecular complexity index is 158. The van der Waals surface area contributed by atoms with Crippen LogP contribution in [0.3, 0.4) is 0 Å². The van der Waals surface area contributed by atoms with Crippen molar-refractivity contribution >= 4 is 8.58 Å². The zero-order chi connectivity index (χ0) is 10.1. The highest BCUT2D eigenvalue weighted by atomic mass is 31.1. The fourth-order valence-corrected chi connectivity index (χ4v) is 3.99. The first-order valence-electron chi connectivity index (χ1n) is 4.83. The molecule has 0 aromatic rings. The molecule has 0 aromatic heterocycles. The van der Waals surface area contributed by atoms with Crippen LogP contribution in [0.25, 0.3) is 0 Å². The molecule has 0 N–H and O–H groups in total. The maximum Gasteiger partial charge on any atom is -0.00705 e. The minimum Gasteiger partial charge on any atom is -0.110 e. The summed E-state index contributed by atoms with van der Waals surface area (Å²) < 4.78 is 0. The molecule has 1 rings (SSSR count). The molecule has 1 fully saturated rings. The van der Waals surface area contributed by atoms with Crippen molar-refractivity contribution in [3.63, 3.8) is 0 Å². The first-order valence-corrected chi connectivity index (χ1v) is 5.83. The van der Waals surface area contributed by atoms with Crippen molar-refractivity contribution in [1.29, 1.82) is 0 Å². The van der Waals surface area contributed by atoms with Crippen LogP contribution in [0.2, 0.25) is 0 Å². The highest BCUT2D eigenvalue weighted by molar-refractivity contribution is 7.42. The fraction of sp³-hybridized carbons (Fsp3) is 0.583. The normalized spacial score (nSPS) is 21.9. The van der Waals surface area contributed by atoms with Gasteiger partial charge >= 0.3 is 0 Å². The smallest absolute Gasteiger partial charge is 0.00705 e. The van der Waals surface area contributed by atoms with E-state index in [0.29, 0.717) is 10.3 Å². The van der Waals surface area contributed by atoms with Crippen LogP contribution < -0.4 is 0 Å². The van der Waals surface area contributed by atoms with E-state index in [1.165, 1.54) is 5.92 Å². The predicted octanol–water partition coefficient (Wildman–Crippen LogP) is 3.65. The average Bonchev–Trinajstić information content (AvgIpc) is 2.29. The summed E-state index contributed by atoms with van der Waals surface area (Å²) in [4.78, 5) is 0. The standard InChI is InChI=1S/C12H20P/c1-11(2,3)13-12(4,5)10-8-6-7-9-10/h6-9,13H,1-5H3. The summed E-state index contributed by atoms with van der Waals surface area (Å²) in [5.41, 5.74) is 0. The van der Waals surface area contributed by atoms with E-state index >= 15 is 0 Å². The summed E-state index contributed by atoms with van der Waals surface area (Å²) in [5, 5.41) is 0.766. The van der Waals surface area contributed by atoms with E-state index in [-0.39, 0.29) is 0 Å². The van der Waals surface area contributed by atoms with Gasteiger partial charge in [0, 0.05) is 0 Å². The van der Waals surface area contributed by atoms with Gasteiger partial charge in [0.2, 0.25) is 0 Å². The van der Waals surface area contributed by atoms with E-state index in [1.54, 1.807) is 0 Å². The van der Waals surface area contributed by atoms with Gasteiger partial charge in [0.1, 0.15) is 0 Å². The van der Waals surface area contributed by atoms with Gasteiger partial charge in [-0.3, -0.25) is 0 Å². The molecule has 1 atom stereocenters. The summed E-state index contributed by atoms with van der Waals surface area (Å²) in [6.07, 6.45) is 8.73. The molecule has 0 amide bonds. The lowest BCUT2D eigenvalue weighted by atomic mass is 9.93. The van der Waals surface area contributed by atoms with Crippen molar-refractivity contribution in [2.24, 2.45) is 0 Å². The molecule has 1 saturated carbocycles. The van der Waals surface area contributed by atoms with Gasteiger partial charge in [-0.1, -0.05) is 34.6 Å². The van der Waals surface area contributed by atoms with Gasteiger partial charge in [-0.2, -0.15) is 0 Å². The van der Waals surface area contributed by atoms with Gasteiger partial charge in [0.05, 0.1) is 0 Å². The maximum absolute atomic E-state index is 2.34. The molecule has 13 heavy (non-hydrogen) atoms. The molecular weight excluding hydrogens is 175 g/mol. The van der Waals surface area contributed by atoms with Gasteiger partial charge in [-0.15, -0.1) is 8.58 Å². The quantitative estimate of drug-likeness (QED) is 0.590. The van der Waals surface area contributed by atoms with Gasteiger partial charge in [0.25, 0.3) is 0 Å². The predicted molar refractivity (Wildman–Crippen MR) is 62.6 cm³/mol. The molecule has 5 radical (unpaired) electrons. The Morgan fingerprint density at radius 3 is 1.77 bits per heavy atom. The molecule has 1 aliphatic carbocycles. The lowest BCUT2D eigenvalue weighted by Gasteiger charge is -2.37. The van der Waals surface area contributed by atoms with Crippen molar-refractivity contribution in [3.8, 4) is 0 Å². The Kier molecular flexibility index (Phi) is 3.44. The van der Waals surface area contributed by atoms with E-state index in [1.807, 2.05) is 0 Å². The number of hydrogen-bond acceptors (Lipinski definition) is 0. The summed E-state index contributed by atoms with van der Waals surface area (Å²) in [6.45, 7) is 11.6. The maximum atomic E-state index is 2.34. The van der Waals surface area contributed by atoms with Crippen molar-refractivity contribution < 1.29 is 0 Å². The van der Waals surface area contributed by atoms with E-state index in [9.17, 15) is 0 Å². The topological polar surface area (TPSA) is 0 Å². The Morgan fingerprint density at radius 1 is 0.923 bits per heavy atom. The third-order valence-electron chi connectivity index (χ3n) is 2.07. The van der Waals surface area contributed by atoms with Crippen LogP contribution in [0.5, 0.6) is 0 Å². The molecule has 1 heteroatoms. The Balaban J connectivity index is 2.53. The van der Waals surface area contributed by atoms with E-state index in [0.717, 1.165) is 8.58 Å². The van der Waals surface area contributed by atoms with Crippen LogP contribution in [0.4, 0.5) is 0 Å². The van der Waals surface area contributed by atoms with Crippen LogP contribution in [-0.4, -0.2) is 10.3 Å². The van der Waals surface area contributed by atoms with Gasteiger partial charge < -0.3 is 0 Å². The van der Waals surface area contributed by atoms with Crippen LogP contribution in [0.15, 0.2) is 0 Å². The van der Waals surface area contributed by atoms with Gasteiger partial charge in [-0.05, 0) is 41.9 Å². The Morgan fingerprint density at radius 2 is 1.38 bits per heavy atom. The SMILES string of the molecule is CC(C)(C)PC(C)(C)[C]1[CH][CH][CH][CH]1. The monoisotopic (exact) mass is 195 g/mol. The molecule has 73 valence electrons. The lowest BCUT2D eigenvalue weighted by molar-refractivity contribution is 0.711. The van der Waals surface area contributed by atoms with Gasteiger partial charge in [-0.25, -0.2) is 0 Å². The van der Waals surface area contributed by atoms with Crippen molar-refractivity contribution in [3.05, 3.63) is 31.6 Å². The molecule has 0 nitrogen and oxygen atoms in total. The minimum atomic E-state index is 0.335. The van der Waals surface area contributed by atoms with Crippen LogP contribution in [-0.2, 0) is 0 Å². The van der Waals surface area contributed by atoms with Crippen molar-refractivity contribution in [2.75, 3.05) is 0 Å². The summed E-state index contributed by atoms with van der Waals surface area (Å²) >= 11 is 0. The molecule has 1 aliphatic rings. The fourth-order valence-electron chi connectivity index (χ4n) is 1.80. The second-order valence-corrected chi connectivity index (χ2v) is 8.17. The molecular formula is C12H20P. The second-order valence-electron chi connectivity index (χ2n) is 5.17. The summed E-state index contributed by atoms with van der Waals surface area (Å²) in [6, 6.07) is 0. The molecule has 1 unspecified atom stereocenters. The zero-order valence-electron chi connectivity index (χ0n) is 9.31. The largest absolute Gasteiger partial charge is 0.110 e. The van der Waals surface area contributed by atoms with Gasteiger partial charge in [0.15, 0.2) is 0 Å². The van der Waals surface area contributed by atoms with E-state index < -0.39 is 0 Å². The third-order valence-corrected chi connectivity index (χ3v) is 3.74. The molecule has 0 heterocycles. The van der Waals surface area contributed by atoms with Crippen molar-refractivity contribution in [1.82, 2.24) is 0 Å². The van der Waals surface area contributed by atoms with E-state index in [4.69, 9.17) is 0 Å². The molecule has 0 aromatic carbocycles. The van der Waals surface area contributed by atoms with Crippen molar-refractivity contribution in [2.45, 2.75) is 44.9 Å². The molecule has 0 spiro atoms. The highest BCUT2D eigenvalue weighted by Gasteiger charge is 2.35. The highest BCUT2D eigenvalue weighted by Crippen LogP contribution is 2.51. The molecule has 0 bridgehead atoms. The first kappa shape index (κ1) is 11.5. The van der Waals surface area contributed by atoms with Crippen LogP contribution >= 0.6 is 8.58 Å². The lowest BCUT2D eigenvalue weighted by Crippen LogP contribution is -2.27. The zero-order valence-corrected chi connectivity index (χ0v) is 10.3. The first-order chi connectivity index (χ1) is 5.81.